The number of aryl methyl sites for hydroxylation is 1. The standard InChI is InChI=1S/C19H16Cl2N4O/c1-12-5-2-3-6-13(12)9-22-18(26)14-10-23-19(24-11-14)25-17-15(20)7-4-8-16(17)21/h2-8,10-11H,9H2,1H3,(H,22,26)(H,23,24,25). The number of nitrogens with one attached hydrogen (secondary N) is 2. The van der Waals surface area contributed by atoms with Gasteiger partial charge >= 0.3 is 0 Å². The fourth-order valence-electron chi connectivity index (χ4n) is 2.32. The Hall–Kier alpha value is -2.63. The summed E-state index contributed by atoms with van der Waals surface area (Å²) in [6.07, 6.45) is 2.90. The van der Waals surface area contributed by atoms with Gasteiger partial charge in [-0.2, -0.15) is 0 Å². The van der Waals surface area contributed by atoms with Gasteiger partial charge in [-0.1, -0.05) is 53.5 Å². The number of anilines is 2. The van der Waals surface area contributed by atoms with Crippen LogP contribution in [-0.2, 0) is 6.54 Å². The minimum Gasteiger partial charge on any atom is -0.348 e. The maximum atomic E-state index is 12.3. The van der Waals surface area contributed by atoms with Crippen molar-refractivity contribution in [1.29, 1.82) is 0 Å². The van der Waals surface area contributed by atoms with Gasteiger partial charge in [-0.25, -0.2) is 9.97 Å². The molecule has 5 nitrogen and oxygen atoms in total. The van der Waals surface area contributed by atoms with Crippen molar-refractivity contribution in [1.82, 2.24) is 15.3 Å². The van der Waals surface area contributed by atoms with E-state index in [1.807, 2.05) is 31.2 Å². The number of halogens is 2. The van der Waals surface area contributed by atoms with Crippen LogP contribution >= 0.6 is 23.2 Å². The molecular weight excluding hydrogens is 371 g/mol. The first kappa shape index (κ1) is 18.2. The Bertz CT molecular complexity index is 909. The first-order valence-electron chi connectivity index (χ1n) is 7.90. The summed E-state index contributed by atoms with van der Waals surface area (Å²) in [4.78, 5) is 20.6. The molecule has 2 N–H and O–H groups in total. The number of benzene rings is 2. The normalized spacial score (nSPS) is 10.4. The zero-order valence-electron chi connectivity index (χ0n) is 14.0. The Labute approximate surface area is 161 Å². The molecule has 26 heavy (non-hydrogen) atoms. The molecule has 132 valence electrons. The van der Waals surface area contributed by atoms with Gasteiger partial charge in [-0.3, -0.25) is 4.79 Å². The topological polar surface area (TPSA) is 66.9 Å². The van der Waals surface area contributed by atoms with Gasteiger partial charge in [0.25, 0.3) is 5.91 Å². The third kappa shape index (κ3) is 4.31. The van der Waals surface area contributed by atoms with E-state index in [9.17, 15) is 4.79 Å². The van der Waals surface area contributed by atoms with Crippen LogP contribution in [0.3, 0.4) is 0 Å². The first-order valence-corrected chi connectivity index (χ1v) is 8.66. The monoisotopic (exact) mass is 386 g/mol. The Kier molecular flexibility index (Phi) is 5.71. The molecule has 0 aliphatic rings. The number of rotatable bonds is 5. The van der Waals surface area contributed by atoms with Gasteiger partial charge in [-0.15, -0.1) is 0 Å². The van der Waals surface area contributed by atoms with E-state index < -0.39 is 0 Å². The number of nitrogens with zero attached hydrogens (tertiary/aromatic N) is 2. The Morgan fingerprint density at radius 2 is 1.65 bits per heavy atom. The van der Waals surface area contributed by atoms with Crippen LogP contribution in [0, 0.1) is 6.92 Å². The van der Waals surface area contributed by atoms with Gasteiger partial charge in [0.1, 0.15) is 0 Å². The van der Waals surface area contributed by atoms with Crippen LogP contribution in [0.1, 0.15) is 21.5 Å². The highest BCUT2D eigenvalue weighted by Crippen LogP contribution is 2.31. The minimum atomic E-state index is -0.240. The average molecular weight is 387 g/mol. The number of aromatic nitrogens is 2. The highest BCUT2D eigenvalue weighted by molar-refractivity contribution is 6.39. The molecule has 0 saturated carbocycles. The molecule has 1 aromatic heterocycles. The summed E-state index contributed by atoms with van der Waals surface area (Å²) in [7, 11) is 0. The quantitative estimate of drug-likeness (QED) is 0.662. The summed E-state index contributed by atoms with van der Waals surface area (Å²) in [5.41, 5.74) is 3.08. The molecule has 0 aliphatic heterocycles. The van der Waals surface area contributed by atoms with Crippen molar-refractivity contribution in [3.05, 3.63) is 81.6 Å². The molecule has 0 unspecified atom stereocenters. The summed E-state index contributed by atoms with van der Waals surface area (Å²) in [6.45, 7) is 2.45. The fraction of sp³-hybridized carbons (Fsp3) is 0.105. The van der Waals surface area contributed by atoms with Crippen molar-refractivity contribution in [3.8, 4) is 0 Å². The molecule has 0 atom stereocenters. The second-order valence-corrected chi connectivity index (χ2v) is 6.44. The van der Waals surface area contributed by atoms with Gasteiger partial charge in [-0.05, 0) is 30.2 Å². The van der Waals surface area contributed by atoms with Gasteiger partial charge in [0, 0.05) is 18.9 Å². The predicted molar refractivity (Wildman–Crippen MR) is 104 cm³/mol. The first-order chi connectivity index (χ1) is 12.5. The molecule has 0 radical (unpaired) electrons. The van der Waals surface area contributed by atoms with Crippen molar-refractivity contribution < 1.29 is 4.79 Å². The van der Waals surface area contributed by atoms with Crippen molar-refractivity contribution in [2.45, 2.75) is 13.5 Å². The van der Waals surface area contributed by atoms with Crippen molar-refractivity contribution in [2.24, 2.45) is 0 Å². The van der Waals surface area contributed by atoms with E-state index in [1.165, 1.54) is 12.4 Å². The second-order valence-electron chi connectivity index (χ2n) is 5.63. The van der Waals surface area contributed by atoms with Gasteiger partial charge in [0.05, 0.1) is 21.3 Å². The Balaban J connectivity index is 1.65. The van der Waals surface area contributed by atoms with Gasteiger partial charge in [0.15, 0.2) is 0 Å². The molecule has 0 fully saturated rings. The summed E-state index contributed by atoms with van der Waals surface area (Å²) in [5, 5.41) is 6.73. The minimum absolute atomic E-state index is 0.240. The van der Waals surface area contributed by atoms with Crippen LogP contribution in [0.2, 0.25) is 10.0 Å². The molecule has 1 heterocycles. The van der Waals surface area contributed by atoms with Gasteiger partial charge in [0.2, 0.25) is 5.95 Å². The van der Waals surface area contributed by atoms with Crippen molar-refractivity contribution in [2.75, 3.05) is 5.32 Å². The smallest absolute Gasteiger partial charge is 0.254 e. The number of hydrogen-bond donors (Lipinski definition) is 2. The highest BCUT2D eigenvalue weighted by atomic mass is 35.5. The molecule has 3 aromatic rings. The predicted octanol–water partition coefficient (Wildman–Crippen LogP) is 4.77. The molecule has 0 saturated heterocycles. The third-order valence-corrected chi connectivity index (χ3v) is 4.44. The van der Waals surface area contributed by atoms with Crippen LogP contribution in [0.5, 0.6) is 0 Å². The molecule has 1 amide bonds. The lowest BCUT2D eigenvalue weighted by molar-refractivity contribution is 0.0950. The van der Waals surface area contributed by atoms with Gasteiger partial charge < -0.3 is 10.6 Å². The lowest BCUT2D eigenvalue weighted by Crippen LogP contribution is -2.23. The SMILES string of the molecule is Cc1ccccc1CNC(=O)c1cnc(Nc2c(Cl)cccc2Cl)nc1. The Morgan fingerprint density at radius 3 is 2.31 bits per heavy atom. The maximum absolute atomic E-state index is 12.3. The number of hydrogen-bond acceptors (Lipinski definition) is 4. The van der Waals surface area contributed by atoms with E-state index in [-0.39, 0.29) is 5.91 Å². The van der Waals surface area contributed by atoms with E-state index in [4.69, 9.17) is 23.2 Å². The van der Waals surface area contributed by atoms with Crippen LogP contribution in [0.15, 0.2) is 54.9 Å². The van der Waals surface area contributed by atoms with E-state index in [2.05, 4.69) is 20.6 Å². The Morgan fingerprint density at radius 1 is 1.00 bits per heavy atom. The molecule has 0 aliphatic carbocycles. The van der Waals surface area contributed by atoms with Crippen molar-refractivity contribution in [3.63, 3.8) is 0 Å². The summed E-state index contributed by atoms with van der Waals surface area (Å²) in [6, 6.07) is 13.1. The van der Waals surface area contributed by atoms with Crippen LogP contribution in [0.25, 0.3) is 0 Å². The molecule has 2 aromatic carbocycles. The molecule has 7 heteroatoms. The van der Waals surface area contributed by atoms with Crippen molar-refractivity contribution >= 4 is 40.7 Å². The van der Waals surface area contributed by atoms with Crippen LogP contribution in [0.4, 0.5) is 11.6 Å². The van der Waals surface area contributed by atoms with E-state index >= 15 is 0 Å². The zero-order valence-corrected chi connectivity index (χ0v) is 15.5. The summed E-state index contributed by atoms with van der Waals surface area (Å²) >= 11 is 12.2. The van der Waals surface area contributed by atoms with E-state index in [0.717, 1.165) is 11.1 Å². The number of amides is 1. The average Bonchev–Trinajstić information content (AvgIpc) is 2.64. The highest BCUT2D eigenvalue weighted by Gasteiger charge is 2.10. The van der Waals surface area contributed by atoms with E-state index in [1.54, 1.807) is 18.2 Å². The lowest BCUT2D eigenvalue weighted by Gasteiger charge is -2.10. The number of para-hydroxylation sites is 1. The maximum Gasteiger partial charge on any atom is 0.254 e. The second kappa shape index (κ2) is 8.17. The molecule has 0 spiro atoms. The fourth-order valence-corrected chi connectivity index (χ4v) is 2.82. The molecular formula is C19H16Cl2N4O. The molecule has 0 bridgehead atoms. The van der Waals surface area contributed by atoms with E-state index in [0.29, 0.717) is 33.8 Å². The zero-order chi connectivity index (χ0) is 18.5. The van der Waals surface area contributed by atoms with Crippen LogP contribution < -0.4 is 10.6 Å². The number of carbonyl (C=O) groups excluding carboxylic acids is 1. The largest absolute Gasteiger partial charge is 0.348 e. The third-order valence-electron chi connectivity index (χ3n) is 3.81. The van der Waals surface area contributed by atoms with Crippen LogP contribution in [-0.4, -0.2) is 15.9 Å². The lowest BCUT2D eigenvalue weighted by atomic mass is 10.1. The molecule has 3 rings (SSSR count). The summed E-state index contributed by atoms with van der Waals surface area (Å²) in [5.74, 6) is 0.0611. The summed E-state index contributed by atoms with van der Waals surface area (Å²) < 4.78 is 0. The number of carbonyl (C=O) groups is 1.